The van der Waals surface area contributed by atoms with Gasteiger partial charge in [-0.1, -0.05) is 12.1 Å². The van der Waals surface area contributed by atoms with Crippen molar-refractivity contribution in [1.29, 1.82) is 0 Å². The van der Waals surface area contributed by atoms with Gasteiger partial charge in [-0.25, -0.2) is 9.50 Å². The SMILES string of the molecule is COc1ccc(C2CCN(C(=O)CCc3c(C)nc4nc(C(F)(F)F)nn4c3C)C2)cc1. The molecule has 1 aromatic carbocycles. The number of hydrogen-bond acceptors (Lipinski definition) is 5. The molecule has 1 aliphatic heterocycles. The minimum Gasteiger partial charge on any atom is -0.497 e. The Labute approximate surface area is 183 Å². The zero-order chi connectivity index (χ0) is 23.0. The molecule has 0 spiro atoms. The molecule has 0 saturated carbocycles. The van der Waals surface area contributed by atoms with Crippen molar-refractivity contribution in [3.63, 3.8) is 0 Å². The second-order valence-electron chi connectivity index (χ2n) is 8.00. The number of methoxy groups -OCH3 is 1. The average molecular weight is 447 g/mol. The fraction of sp³-hybridized carbons (Fsp3) is 0.455. The van der Waals surface area contributed by atoms with Crippen LogP contribution in [0, 0.1) is 13.8 Å². The van der Waals surface area contributed by atoms with Crippen LogP contribution in [0.25, 0.3) is 5.78 Å². The van der Waals surface area contributed by atoms with Gasteiger partial charge in [0.1, 0.15) is 5.75 Å². The van der Waals surface area contributed by atoms with Crippen LogP contribution in [0.4, 0.5) is 13.2 Å². The predicted molar refractivity (Wildman–Crippen MR) is 111 cm³/mol. The van der Waals surface area contributed by atoms with E-state index < -0.39 is 12.0 Å². The number of aromatic nitrogens is 4. The molecule has 3 heterocycles. The maximum atomic E-state index is 13.0. The zero-order valence-corrected chi connectivity index (χ0v) is 18.1. The minimum atomic E-state index is -4.64. The summed E-state index contributed by atoms with van der Waals surface area (Å²) < 4.78 is 45.2. The van der Waals surface area contributed by atoms with E-state index in [-0.39, 0.29) is 24.0 Å². The standard InChI is InChI=1S/C22H24F3N5O2/c1-13-18(14(2)30-21(26-13)27-20(28-30)22(23,24)25)8-9-19(31)29-11-10-16(12-29)15-4-6-17(32-3)7-5-15/h4-7,16H,8-12H2,1-3H3. The van der Waals surface area contributed by atoms with E-state index in [1.165, 1.54) is 5.56 Å². The third-order valence-electron chi connectivity index (χ3n) is 6.02. The quantitative estimate of drug-likeness (QED) is 0.596. The van der Waals surface area contributed by atoms with Gasteiger partial charge >= 0.3 is 6.18 Å². The molecule has 1 saturated heterocycles. The molecule has 0 radical (unpaired) electrons. The molecule has 0 bridgehead atoms. The summed E-state index contributed by atoms with van der Waals surface area (Å²) in [4.78, 5) is 22.3. The smallest absolute Gasteiger partial charge is 0.453 e. The van der Waals surface area contributed by atoms with Gasteiger partial charge in [-0.15, -0.1) is 5.10 Å². The maximum absolute atomic E-state index is 13.0. The lowest BCUT2D eigenvalue weighted by molar-refractivity contribution is -0.144. The third-order valence-corrected chi connectivity index (χ3v) is 6.02. The van der Waals surface area contributed by atoms with Crippen molar-refractivity contribution in [2.75, 3.05) is 20.2 Å². The highest BCUT2D eigenvalue weighted by atomic mass is 19.4. The van der Waals surface area contributed by atoms with Crippen LogP contribution in [0.3, 0.4) is 0 Å². The molecule has 1 unspecified atom stereocenters. The summed E-state index contributed by atoms with van der Waals surface area (Å²) in [5, 5.41) is 3.56. The molecular weight excluding hydrogens is 423 g/mol. The number of hydrogen-bond donors (Lipinski definition) is 0. The summed E-state index contributed by atoms with van der Waals surface area (Å²) in [6.07, 6.45) is -3.11. The molecule has 0 aliphatic carbocycles. The van der Waals surface area contributed by atoms with Gasteiger partial charge in [-0.3, -0.25) is 4.79 Å². The number of fused-ring (bicyclic) bond motifs is 1. The van der Waals surface area contributed by atoms with Crippen LogP contribution in [0.2, 0.25) is 0 Å². The number of rotatable bonds is 5. The Hall–Kier alpha value is -3.17. The molecule has 1 fully saturated rings. The van der Waals surface area contributed by atoms with Crippen molar-refractivity contribution < 1.29 is 22.7 Å². The molecule has 3 aromatic rings. The Balaban J connectivity index is 1.43. The molecule has 1 aliphatic rings. The van der Waals surface area contributed by atoms with Crippen LogP contribution >= 0.6 is 0 Å². The highest BCUT2D eigenvalue weighted by molar-refractivity contribution is 5.77. The number of halogens is 3. The fourth-order valence-corrected chi connectivity index (χ4v) is 4.22. The molecule has 170 valence electrons. The second-order valence-corrected chi connectivity index (χ2v) is 8.00. The summed E-state index contributed by atoms with van der Waals surface area (Å²) in [6, 6.07) is 7.89. The molecule has 32 heavy (non-hydrogen) atoms. The van der Waals surface area contributed by atoms with Crippen molar-refractivity contribution in [2.24, 2.45) is 0 Å². The van der Waals surface area contributed by atoms with E-state index in [0.717, 1.165) is 22.2 Å². The van der Waals surface area contributed by atoms with E-state index >= 15 is 0 Å². The van der Waals surface area contributed by atoms with E-state index in [4.69, 9.17) is 4.74 Å². The number of likely N-dealkylation sites (tertiary alicyclic amines) is 1. The summed E-state index contributed by atoms with van der Waals surface area (Å²) in [5.41, 5.74) is 2.96. The first-order valence-electron chi connectivity index (χ1n) is 10.4. The van der Waals surface area contributed by atoms with Crippen molar-refractivity contribution >= 4 is 11.7 Å². The van der Waals surface area contributed by atoms with Crippen LogP contribution in [-0.4, -0.2) is 50.6 Å². The summed E-state index contributed by atoms with van der Waals surface area (Å²) in [7, 11) is 1.62. The molecular formula is C22H24F3N5O2. The number of nitrogens with zero attached hydrogens (tertiary/aromatic N) is 5. The van der Waals surface area contributed by atoms with E-state index in [1.54, 1.807) is 21.0 Å². The monoisotopic (exact) mass is 447 g/mol. The molecule has 1 atom stereocenters. The van der Waals surface area contributed by atoms with E-state index in [1.807, 2.05) is 29.2 Å². The van der Waals surface area contributed by atoms with Gasteiger partial charge in [0.05, 0.1) is 7.11 Å². The molecule has 0 N–H and O–H groups in total. The summed E-state index contributed by atoms with van der Waals surface area (Å²) in [5.74, 6) is -0.214. The number of alkyl halides is 3. The predicted octanol–water partition coefficient (Wildman–Crippen LogP) is 3.72. The van der Waals surface area contributed by atoms with Gasteiger partial charge in [-0.05, 0) is 49.9 Å². The van der Waals surface area contributed by atoms with Crippen LogP contribution in [-0.2, 0) is 17.4 Å². The fourth-order valence-electron chi connectivity index (χ4n) is 4.22. The number of carbonyl (C=O) groups is 1. The number of ether oxygens (including phenoxy) is 1. The Morgan fingerprint density at radius 2 is 1.91 bits per heavy atom. The largest absolute Gasteiger partial charge is 0.497 e. The van der Waals surface area contributed by atoms with Crippen molar-refractivity contribution in [1.82, 2.24) is 24.5 Å². The van der Waals surface area contributed by atoms with Gasteiger partial charge in [0.2, 0.25) is 5.91 Å². The van der Waals surface area contributed by atoms with Crippen LogP contribution in [0.1, 0.15) is 47.1 Å². The first-order chi connectivity index (χ1) is 15.2. The zero-order valence-electron chi connectivity index (χ0n) is 18.1. The Kier molecular flexibility index (Phi) is 5.79. The maximum Gasteiger partial charge on any atom is 0.453 e. The van der Waals surface area contributed by atoms with Gasteiger partial charge < -0.3 is 9.64 Å². The normalized spacial score (nSPS) is 16.7. The Morgan fingerprint density at radius 3 is 2.56 bits per heavy atom. The molecule has 7 nitrogen and oxygen atoms in total. The Morgan fingerprint density at radius 1 is 1.19 bits per heavy atom. The number of amides is 1. The summed E-state index contributed by atoms with van der Waals surface area (Å²) >= 11 is 0. The molecule has 10 heteroatoms. The molecule has 4 rings (SSSR count). The van der Waals surface area contributed by atoms with Crippen molar-refractivity contribution in [3.05, 3.63) is 52.6 Å². The minimum absolute atomic E-state index is 0.0227. The Bertz CT molecular complexity index is 1140. The lowest BCUT2D eigenvalue weighted by Gasteiger charge is -2.18. The van der Waals surface area contributed by atoms with Crippen LogP contribution < -0.4 is 4.74 Å². The van der Waals surface area contributed by atoms with E-state index in [0.29, 0.717) is 30.9 Å². The first-order valence-corrected chi connectivity index (χ1v) is 10.4. The van der Waals surface area contributed by atoms with Gasteiger partial charge in [-0.2, -0.15) is 18.2 Å². The number of benzene rings is 1. The lowest BCUT2D eigenvalue weighted by Crippen LogP contribution is -2.28. The van der Waals surface area contributed by atoms with Crippen LogP contribution in [0.15, 0.2) is 24.3 Å². The van der Waals surface area contributed by atoms with Crippen molar-refractivity contribution in [2.45, 2.75) is 45.2 Å². The lowest BCUT2D eigenvalue weighted by atomic mass is 9.98. The third kappa shape index (κ3) is 4.26. The topological polar surface area (TPSA) is 72.6 Å². The highest BCUT2D eigenvalue weighted by Crippen LogP contribution is 2.30. The van der Waals surface area contributed by atoms with Crippen molar-refractivity contribution in [3.8, 4) is 5.75 Å². The second kappa shape index (κ2) is 8.40. The molecule has 2 aromatic heterocycles. The number of aryl methyl sites for hydroxylation is 2. The van der Waals surface area contributed by atoms with Gasteiger partial charge in [0.15, 0.2) is 0 Å². The average Bonchev–Trinajstić information content (AvgIpc) is 3.41. The molecule has 1 amide bonds. The van der Waals surface area contributed by atoms with E-state index in [9.17, 15) is 18.0 Å². The van der Waals surface area contributed by atoms with Crippen LogP contribution in [0.5, 0.6) is 5.75 Å². The van der Waals surface area contributed by atoms with Gasteiger partial charge in [0.25, 0.3) is 11.6 Å². The van der Waals surface area contributed by atoms with Gasteiger partial charge in [0, 0.05) is 36.8 Å². The first kappa shape index (κ1) is 22.0. The summed E-state index contributed by atoms with van der Waals surface area (Å²) in [6.45, 7) is 4.72. The highest BCUT2D eigenvalue weighted by Gasteiger charge is 2.37. The number of carbonyl (C=O) groups excluding carboxylic acids is 1. The van der Waals surface area contributed by atoms with E-state index in [2.05, 4.69) is 15.1 Å².